The molecule has 0 bridgehead atoms. The van der Waals surface area contributed by atoms with E-state index in [2.05, 4.69) is 5.32 Å². The Morgan fingerprint density at radius 3 is 2.89 bits per heavy atom. The summed E-state index contributed by atoms with van der Waals surface area (Å²) in [5, 5.41) is 11.6. The first-order valence-corrected chi connectivity index (χ1v) is 6.67. The Balaban J connectivity index is 2.15. The Morgan fingerprint density at radius 2 is 2.21 bits per heavy atom. The van der Waals surface area contributed by atoms with Crippen LogP contribution in [0.15, 0.2) is 34.9 Å². The van der Waals surface area contributed by atoms with Crippen LogP contribution in [0.4, 0.5) is 5.69 Å². The van der Waals surface area contributed by atoms with Crippen molar-refractivity contribution in [1.82, 2.24) is 0 Å². The van der Waals surface area contributed by atoms with Crippen LogP contribution < -0.4 is 5.32 Å². The Morgan fingerprint density at radius 1 is 1.42 bits per heavy atom. The molecule has 0 aromatic heterocycles. The molecule has 0 aliphatic carbocycles. The molecular weight excluding hydrogens is 266 g/mol. The standard InChI is InChI=1S/C13H13NO4S/c1-8-11(19-6-5-18-8)12(15)14-10-4-2-3-9(7-10)13(16)17/h2-4,7H,5-6H2,1H3,(H,14,15)(H,16,17). The number of carbonyl (C=O) groups excluding carboxylic acids is 1. The highest BCUT2D eigenvalue weighted by Gasteiger charge is 2.19. The van der Waals surface area contributed by atoms with Crippen molar-refractivity contribution in [3.8, 4) is 0 Å². The number of amides is 1. The molecule has 100 valence electrons. The Hall–Kier alpha value is -1.95. The van der Waals surface area contributed by atoms with Crippen molar-refractivity contribution >= 4 is 29.3 Å². The Kier molecular flexibility index (Phi) is 4.11. The van der Waals surface area contributed by atoms with Crippen LogP contribution in [0.5, 0.6) is 0 Å². The molecule has 19 heavy (non-hydrogen) atoms. The lowest BCUT2D eigenvalue weighted by molar-refractivity contribution is -0.112. The lowest BCUT2D eigenvalue weighted by Gasteiger charge is -2.17. The number of aromatic carboxylic acids is 1. The van der Waals surface area contributed by atoms with E-state index in [0.29, 0.717) is 23.0 Å². The molecule has 1 aliphatic rings. The van der Waals surface area contributed by atoms with E-state index in [4.69, 9.17) is 9.84 Å². The van der Waals surface area contributed by atoms with Crippen molar-refractivity contribution in [3.05, 3.63) is 40.5 Å². The molecule has 0 unspecified atom stereocenters. The minimum Gasteiger partial charge on any atom is -0.496 e. The summed E-state index contributed by atoms with van der Waals surface area (Å²) in [6.07, 6.45) is 0. The molecule has 2 rings (SSSR count). The third-order valence-electron chi connectivity index (χ3n) is 2.54. The Labute approximate surface area is 114 Å². The Bertz CT molecular complexity index is 553. The molecule has 5 nitrogen and oxygen atoms in total. The van der Waals surface area contributed by atoms with Crippen LogP contribution >= 0.6 is 11.8 Å². The van der Waals surface area contributed by atoms with Crippen molar-refractivity contribution in [2.75, 3.05) is 17.7 Å². The van der Waals surface area contributed by atoms with Crippen LogP contribution in [-0.4, -0.2) is 29.3 Å². The average molecular weight is 279 g/mol. The summed E-state index contributed by atoms with van der Waals surface area (Å²) in [5.41, 5.74) is 0.590. The molecule has 2 N–H and O–H groups in total. The predicted molar refractivity (Wildman–Crippen MR) is 73.1 cm³/mol. The number of thioether (sulfide) groups is 1. The quantitative estimate of drug-likeness (QED) is 0.888. The largest absolute Gasteiger partial charge is 0.496 e. The van der Waals surface area contributed by atoms with Crippen LogP contribution in [0.1, 0.15) is 17.3 Å². The van der Waals surface area contributed by atoms with E-state index in [-0.39, 0.29) is 11.5 Å². The molecular formula is C13H13NO4S. The summed E-state index contributed by atoms with van der Waals surface area (Å²) in [7, 11) is 0. The molecule has 0 radical (unpaired) electrons. The predicted octanol–water partition coefficient (Wildman–Crippen LogP) is 2.32. The lowest BCUT2D eigenvalue weighted by Crippen LogP contribution is -2.18. The van der Waals surface area contributed by atoms with E-state index >= 15 is 0 Å². The number of carbonyl (C=O) groups is 2. The number of ether oxygens (including phenoxy) is 1. The highest BCUT2D eigenvalue weighted by molar-refractivity contribution is 8.04. The number of hydrogen-bond donors (Lipinski definition) is 2. The second kappa shape index (κ2) is 5.79. The molecule has 0 saturated heterocycles. The van der Waals surface area contributed by atoms with Crippen molar-refractivity contribution in [3.63, 3.8) is 0 Å². The van der Waals surface area contributed by atoms with Gasteiger partial charge in [-0.05, 0) is 25.1 Å². The first kappa shape index (κ1) is 13.5. The number of hydrogen-bond acceptors (Lipinski definition) is 4. The zero-order valence-electron chi connectivity index (χ0n) is 10.3. The fourth-order valence-electron chi connectivity index (χ4n) is 1.65. The maximum absolute atomic E-state index is 12.0. The van der Waals surface area contributed by atoms with E-state index in [9.17, 15) is 9.59 Å². The summed E-state index contributed by atoms with van der Waals surface area (Å²) in [6, 6.07) is 6.13. The second-order valence-electron chi connectivity index (χ2n) is 3.92. The molecule has 1 aromatic carbocycles. The fourth-order valence-corrected chi connectivity index (χ4v) is 2.46. The number of benzene rings is 1. The van der Waals surface area contributed by atoms with Gasteiger partial charge in [0.25, 0.3) is 5.91 Å². The summed E-state index contributed by atoms with van der Waals surface area (Å²) in [5.74, 6) is 0.0321. The van der Waals surface area contributed by atoms with Crippen molar-refractivity contribution in [2.24, 2.45) is 0 Å². The maximum atomic E-state index is 12.0. The van der Waals surface area contributed by atoms with Crippen molar-refractivity contribution in [2.45, 2.75) is 6.92 Å². The van der Waals surface area contributed by atoms with E-state index in [0.717, 1.165) is 5.75 Å². The zero-order valence-corrected chi connectivity index (χ0v) is 11.1. The van der Waals surface area contributed by atoms with E-state index in [1.807, 2.05) is 0 Å². The SMILES string of the molecule is CC1=C(C(=O)Nc2cccc(C(=O)O)c2)SCCO1. The van der Waals surface area contributed by atoms with E-state index in [1.165, 1.54) is 23.9 Å². The van der Waals surface area contributed by atoms with Crippen molar-refractivity contribution < 1.29 is 19.4 Å². The van der Waals surface area contributed by atoms with Crippen LogP contribution in [0, 0.1) is 0 Å². The van der Waals surface area contributed by atoms with E-state index < -0.39 is 5.97 Å². The van der Waals surface area contributed by atoms with Gasteiger partial charge in [0.15, 0.2) is 0 Å². The van der Waals surface area contributed by atoms with Gasteiger partial charge in [-0.3, -0.25) is 4.79 Å². The zero-order chi connectivity index (χ0) is 13.8. The fraction of sp³-hybridized carbons (Fsp3) is 0.231. The molecule has 6 heteroatoms. The highest BCUT2D eigenvalue weighted by Crippen LogP contribution is 2.26. The van der Waals surface area contributed by atoms with Gasteiger partial charge in [0.2, 0.25) is 0 Å². The minimum absolute atomic E-state index is 0.135. The summed E-state index contributed by atoms with van der Waals surface area (Å²) < 4.78 is 5.32. The first-order valence-electron chi connectivity index (χ1n) is 5.69. The minimum atomic E-state index is -1.03. The van der Waals surface area contributed by atoms with E-state index in [1.54, 1.807) is 19.1 Å². The topological polar surface area (TPSA) is 75.6 Å². The van der Waals surface area contributed by atoms with Gasteiger partial charge in [-0.1, -0.05) is 6.07 Å². The number of carboxylic acid groups (broad SMARTS) is 1. The van der Waals surface area contributed by atoms with Gasteiger partial charge in [-0.2, -0.15) is 0 Å². The molecule has 1 amide bonds. The third-order valence-corrected chi connectivity index (χ3v) is 3.67. The molecule has 1 aromatic rings. The average Bonchev–Trinajstić information content (AvgIpc) is 2.39. The maximum Gasteiger partial charge on any atom is 0.335 e. The number of rotatable bonds is 3. The molecule has 0 saturated carbocycles. The van der Waals surface area contributed by atoms with Gasteiger partial charge in [0.1, 0.15) is 10.7 Å². The number of anilines is 1. The number of nitrogens with one attached hydrogen (secondary N) is 1. The molecule has 1 heterocycles. The summed E-state index contributed by atoms with van der Waals surface area (Å²) in [4.78, 5) is 23.4. The third kappa shape index (κ3) is 3.29. The molecule has 0 spiro atoms. The second-order valence-corrected chi connectivity index (χ2v) is 5.03. The highest BCUT2D eigenvalue weighted by atomic mass is 32.2. The first-order chi connectivity index (χ1) is 9.08. The van der Waals surface area contributed by atoms with Gasteiger partial charge in [0, 0.05) is 11.4 Å². The summed E-state index contributed by atoms with van der Waals surface area (Å²) >= 11 is 1.44. The van der Waals surface area contributed by atoms with Gasteiger partial charge >= 0.3 is 5.97 Å². The van der Waals surface area contributed by atoms with Crippen LogP contribution in [0.3, 0.4) is 0 Å². The van der Waals surface area contributed by atoms with Crippen LogP contribution in [-0.2, 0) is 9.53 Å². The molecule has 0 atom stereocenters. The van der Waals surface area contributed by atoms with Gasteiger partial charge in [-0.25, -0.2) is 4.79 Å². The molecule has 0 fully saturated rings. The van der Waals surface area contributed by atoms with Gasteiger partial charge in [-0.15, -0.1) is 11.8 Å². The molecule has 1 aliphatic heterocycles. The van der Waals surface area contributed by atoms with Crippen LogP contribution in [0.25, 0.3) is 0 Å². The lowest BCUT2D eigenvalue weighted by atomic mass is 10.2. The van der Waals surface area contributed by atoms with Gasteiger partial charge < -0.3 is 15.2 Å². The van der Waals surface area contributed by atoms with Gasteiger partial charge in [0.05, 0.1) is 12.2 Å². The monoisotopic (exact) mass is 279 g/mol. The van der Waals surface area contributed by atoms with Crippen molar-refractivity contribution in [1.29, 1.82) is 0 Å². The number of carboxylic acids is 1. The smallest absolute Gasteiger partial charge is 0.335 e. The number of allylic oxidation sites excluding steroid dienone is 1. The normalized spacial score (nSPS) is 14.8. The van der Waals surface area contributed by atoms with Crippen LogP contribution in [0.2, 0.25) is 0 Å². The summed E-state index contributed by atoms with van der Waals surface area (Å²) in [6.45, 7) is 2.34.